The molecule has 7 heteroatoms. The molecule has 2 aromatic rings. The Labute approximate surface area is 156 Å². The van der Waals surface area contributed by atoms with Crippen LogP contribution < -0.4 is 10.6 Å². The molecule has 27 heavy (non-hydrogen) atoms. The van der Waals surface area contributed by atoms with E-state index in [0.717, 1.165) is 5.56 Å². The fourth-order valence-electron chi connectivity index (χ4n) is 2.49. The number of benzene rings is 2. The van der Waals surface area contributed by atoms with Gasteiger partial charge in [0, 0.05) is 24.6 Å². The molecule has 0 heterocycles. The highest BCUT2D eigenvalue weighted by molar-refractivity contribution is 5.97. The Balaban J connectivity index is 2.13. The predicted octanol–water partition coefficient (Wildman–Crippen LogP) is 2.03. The van der Waals surface area contributed by atoms with Gasteiger partial charge in [-0.1, -0.05) is 12.1 Å². The van der Waals surface area contributed by atoms with Gasteiger partial charge in [-0.2, -0.15) is 5.26 Å². The molecular formula is C20H19N3O4. The lowest BCUT2D eigenvalue weighted by Gasteiger charge is -2.17. The van der Waals surface area contributed by atoms with E-state index in [4.69, 9.17) is 10.00 Å². The zero-order valence-corrected chi connectivity index (χ0v) is 15.0. The summed E-state index contributed by atoms with van der Waals surface area (Å²) in [6.07, 6.45) is 0.192. The summed E-state index contributed by atoms with van der Waals surface area (Å²) in [7, 11) is 1.25. The van der Waals surface area contributed by atoms with Gasteiger partial charge in [-0.3, -0.25) is 9.59 Å². The summed E-state index contributed by atoms with van der Waals surface area (Å²) in [5.74, 6) is -1.24. The number of nitrogens with zero attached hydrogens (tertiary/aromatic N) is 1. The van der Waals surface area contributed by atoms with E-state index in [1.54, 1.807) is 48.5 Å². The van der Waals surface area contributed by atoms with Crippen LogP contribution in [0.15, 0.2) is 48.5 Å². The van der Waals surface area contributed by atoms with Gasteiger partial charge in [-0.15, -0.1) is 0 Å². The van der Waals surface area contributed by atoms with Crippen LogP contribution in [0.2, 0.25) is 0 Å². The van der Waals surface area contributed by atoms with Gasteiger partial charge in [0.25, 0.3) is 5.91 Å². The molecule has 0 fully saturated rings. The topological polar surface area (TPSA) is 108 Å². The number of methoxy groups -OCH3 is 1. The number of hydrogen-bond donors (Lipinski definition) is 2. The summed E-state index contributed by atoms with van der Waals surface area (Å²) in [5.41, 5.74) is 2.10. The van der Waals surface area contributed by atoms with Gasteiger partial charge in [0.2, 0.25) is 5.91 Å². The predicted molar refractivity (Wildman–Crippen MR) is 98.9 cm³/mol. The number of carbonyl (C=O) groups is 3. The van der Waals surface area contributed by atoms with Crippen LogP contribution in [0.3, 0.4) is 0 Å². The number of ether oxygens (including phenoxy) is 1. The Morgan fingerprint density at radius 3 is 2.44 bits per heavy atom. The van der Waals surface area contributed by atoms with Gasteiger partial charge in [0.05, 0.1) is 18.7 Å². The fraction of sp³-hybridized carbons (Fsp3) is 0.200. The molecule has 0 spiro atoms. The summed E-state index contributed by atoms with van der Waals surface area (Å²) >= 11 is 0. The van der Waals surface area contributed by atoms with Crippen LogP contribution in [0.25, 0.3) is 0 Å². The van der Waals surface area contributed by atoms with Crippen molar-refractivity contribution in [3.8, 4) is 6.07 Å². The van der Waals surface area contributed by atoms with Crippen molar-refractivity contribution in [2.75, 3.05) is 12.4 Å². The lowest BCUT2D eigenvalue weighted by Crippen LogP contribution is -2.43. The Morgan fingerprint density at radius 1 is 1.15 bits per heavy atom. The highest BCUT2D eigenvalue weighted by Gasteiger charge is 2.22. The van der Waals surface area contributed by atoms with E-state index in [1.165, 1.54) is 14.0 Å². The number of esters is 1. The molecule has 0 aromatic heterocycles. The first-order valence-electron chi connectivity index (χ1n) is 8.18. The number of nitrogens with one attached hydrogen (secondary N) is 2. The Hall–Kier alpha value is -3.66. The molecule has 0 aliphatic heterocycles. The van der Waals surface area contributed by atoms with E-state index < -0.39 is 17.9 Å². The van der Waals surface area contributed by atoms with Crippen LogP contribution in [0.1, 0.15) is 28.4 Å². The van der Waals surface area contributed by atoms with Crippen molar-refractivity contribution in [3.05, 3.63) is 65.2 Å². The van der Waals surface area contributed by atoms with Crippen molar-refractivity contribution < 1.29 is 19.1 Å². The van der Waals surface area contributed by atoms with Crippen LogP contribution in [0.5, 0.6) is 0 Å². The van der Waals surface area contributed by atoms with Crippen molar-refractivity contribution in [2.45, 2.75) is 19.4 Å². The monoisotopic (exact) mass is 365 g/mol. The normalized spacial score (nSPS) is 11.0. The van der Waals surface area contributed by atoms with Crippen molar-refractivity contribution in [1.29, 1.82) is 5.26 Å². The third-order valence-corrected chi connectivity index (χ3v) is 3.75. The van der Waals surface area contributed by atoms with E-state index >= 15 is 0 Å². The zero-order chi connectivity index (χ0) is 19.8. The van der Waals surface area contributed by atoms with Gasteiger partial charge in [-0.05, 0) is 42.0 Å². The molecule has 2 N–H and O–H groups in total. The average molecular weight is 365 g/mol. The van der Waals surface area contributed by atoms with Gasteiger partial charge >= 0.3 is 5.97 Å². The lowest BCUT2D eigenvalue weighted by molar-refractivity contribution is -0.142. The molecule has 2 rings (SSSR count). The summed E-state index contributed by atoms with van der Waals surface area (Å²) < 4.78 is 4.77. The first-order chi connectivity index (χ1) is 12.9. The molecule has 1 atom stereocenters. The Kier molecular flexibility index (Phi) is 6.67. The first-order valence-corrected chi connectivity index (χ1v) is 8.18. The number of nitriles is 1. The molecule has 2 amide bonds. The minimum Gasteiger partial charge on any atom is -0.467 e. The SMILES string of the molecule is COC(=O)[C@H](Cc1cccc(C#N)c1)NC(=O)c1ccc(NC(C)=O)cc1. The Morgan fingerprint density at radius 2 is 1.85 bits per heavy atom. The average Bonchev–Trinajstić information content (AvgIpc) is 2.67. The maximum atomic E-state index is 12.5. The second-order valence-corrected chi connectivity index (χ2v) is 5.82. The molecule has 0 aliphatic carbocycles. The van der Waals surface area contributed by atoms with Crippen LogP contribution in [-0.2, 0) is 20.7 Å². The number of rotatable bonds is 6. The number of hydrogen-bond acceptors (Lipinski definition) is 5. The second-order valence-electron chi connectivity index (χ2n) is 5.82. The highest BCUT2D eigenvalue weighted by atomic mass is 16.5. The largest absolute Gasteiger partial charge is 0.467 e. The van der Waals surface area contributed by atoms with Crippen molar-refractivity contribution in [1.82, 2.24) is 5.32 Å². The van der Waals surface area contributed by atoms with Crippen LogP contribution in [0.4, 0.5) is 5.69 Å². The van der Waals surface area contributed by atoms with E-state index in [-0.39, 0.29) is 12.3 Å². The maximum Gasteiger partial charge on any atom is 0.328 e. The molecule has 138 valence electrons. The third-order valence-electron chi connectivity index (χ3n) is 3.75. The minimum absolute atomic E-state index is 0.192. The van der Waals surface area contributed by atoms with Gasteiger partial charge in [0.15, 0.2) is 0 Å². The zero-order valence-electron chi connectivity index (χ0n) is 15.0. The molecule has 0 radical (unpaired) electrons. The smallest absolute Gasteiger partial charge is 0.328 e. The Bertz CT molecular complexity index is 885. The summed E-state index contributed by atoms with van der Waals surface area (Å²) in [6.45, 7) is 1.39. The molecule has 0 saturated heterocycles. The van der Waals surface area contributed by atoms with E-state index in [1.807, 2.05) is 6.07 Å². The van der Waals surface area contributed by atoms with E-state index in [2.05, 4.69) is 10.6 Å². The highest BCUT2D eigenvalue weighted by Crippen LogP contribution is 2.12. The number of amides is 2. The van der Waals surface area contributed by atoms with Crippen molar-refractivity contribution in [3.63, 3.8) is 0 Å². The second kappa shape index (κ2) is 9.15. The van der Waals surface area contributed by atoms with Crippen molar-refractivity contribution >= 4 is 23.5 Å². The fourth-order valence-corrected chi connectivity index (χ4v) is 2.49. The summed E-state index contributed by atoms with van der Waals surface area (Å²) in [5, 5.41) is 14.2. The number of anilines is 1. The standard InChI is InChI=1S/C20H19N3O4/c1-13(24)22-17-8-6-16(7-9-17)19(25)23-18(20(26)27-2)11-14-4-3-5-15(10-14)12-21/h3-10,18H,11H2,1-2H3,(H,22,24)(H,23,25)/t18-/m0/s1. The van der Waals surface area contributed by atoms with Gasteiger partial charge < -0.3 is 15.4 Å². The van der Waals surface area contributed by atoms with Crippen molar-refractivity contribution in [2.24, 2.45) is 0 Å². The minimum atomic E-state index is -0.897. The molecular weight excluding hydrogens is 346 g/mol. The molecule has 0 unspecified atom stereocenters. The van der Waals surface area contributed by atoms with Crippen LogP contribution in [-0.4, -0.2) is 30.9 Å². The van der Waals surface area contributed by atoms with Crippen LogP contribution in [0, 0.1) is 11.3 Å². The molecule has 0 bridgehead atoms. The molecule has 0 aliphatic rings. The van der Waals surface area contributed by atoms with E-state index in [9.17, 15) is 14.4 Å². The summed E-state index contributed by atoms with van der Waals surface area (Å²) in [4.78, 5) is 35.6. The number of carbonyl (C=O) groups excluding carboxylic acids is 3. The lowest BCUT2D eigenvalue weighted by atomic mass is 10.0. The van der Waals surface area contributed by atoms with Gasteiger partial charge in [0.1, 0.15) is 6.04 Å². The molecule has 7 nitrogen and oxygen atoms in total. The molecule has 0 saturated carbocycles. The quantitative estimate of drug-likeness (QED) is 0.762. The van der Waals surface area contributed by atoms with E-state index in [0.29, 0.717) is 16.8 Å². The third kappa shape index (κ3) is 5.68. The molecule has 2 aromatic carbocycles. The summed E-state index contributed by atoms with van der Waals surface area (Å²) in [6, 6.07) is 14.2. The maximum absolute atomic E-state index is 12.5. The first kappa shape index (κ1) is 19.7. The van der Waals surface area contributed by atoms with Crippen LogP contribution >= 0.6 is 0 Å². The van der Waals surface area contributed by atoms with Gasteiger partial charge in [-0.25, -0.2) is 4.79 Å².